The molecule has 2 rings (SSSR count). The normalized spacial score (nSPS) is 23.2. The Morgan fingerprint density at radius 3 is 2.48 bits per heavy atom. The van der Waals surface area contributed by atoms with Gasteiger partial charge in [-0.05, 0) is 61.8 Å². The quantitative estimate of drug-likeness (QED) is 0.731. The van der Waals surface area contributed by atoms with Gasteiger partial charge in [0.1, 0.15) is 5.75 Å². The van der Waals surface area contributed by atoms with Gasteiger partial charge in [-0.2, -0.15) is 0 Å². The molecule has 1 aromatic rings. The van der Waals surface area contributed by atoms with Crippen molar-refractivity contribution in [2.24, 2.45) is 11.8 Å². The fourth-order valence-electron chi connectivity index (χ4n) is 3.40. The molecule has 1 fully saturated rings. The first kappa shape index (κ1) is 16.4. The molecule has 0 aromatic heterocycles. The summed E-state index contributed by atoms with van der Waals surface area (Å²) < 4.78 is 5.69. The average molecular weight is 289 g/mol. The van der Waals surface area contributed by atoms with Crippen LogP contribution in [0.1, 0.15) is 64.5 Å². The minimum atomic E-state index is 0.509. The van der Waals surface area contributed by atoms with Crippen LogP contribution in [0, 0.1) is 11.8 Å². The van der Waals surface area contributed by atoms with Crippen molar-refractivity contribution in [2.45, 2.75) is 58.9 Å². The van der Waals surface area contributed by atoms with Gasteiger partial charge in [-0.15, -0.1) is 0 Å². The summed E-state index contributed by atoms with van der Waals surface area (Å²) in [5.74, 6) is 2.66. The highest BCUT2D eigenvalue weighted by Gasteiger charge is 2.29. The van der Waals surface area contributed by atoms with Crippen LogP contribution < -0.4 is 10.1 Å². The van der Waals surface area contributed by atoms with E-state index in [0.717, 1.165) is 37.2 Å². The molecule has 2 nitrogen and oxygen atoms in total. The van der Waals surface area contributed by atoms with Crippen molar-refractivity contribution >= 4 is 0 Å². The van der Waals surface area contributed by atoms with Crippen LogP contribution in [0.3, 0.4) is 0 Å². The molecule has 0 spiro atoms. The molecule has 1 aliphatic rings. The summed E-state index contributed by atoms with van der Waals surface area (Å²) in [6.07, 6.45) is 6.34. The molecular weight excluding hydrogens is 258 g/mol. The van der Waals surface area contributed by atoms with Gasteiger partial charge in [0.15, 0.2) is 0 Å². The van der Waals surface area contributed by atoms with Crippen LogP contribution in [0.25, 0.3) is 0 Å². The van der Waals surface area contributed by atoms with E-state index in [9.17, 15) is 0 Å². The number of hydrogen-bond acceptors (Lipinski definition) is 2. The molecule has 1 aliphatic carbocycles. The van der Waals surface area contributed by atoms with E-state index in [1.54, 1.807) is 0 Å². The SMILES string of the molecule is CCCNC(c1ccc(OCCC)cc1)C1CCC(C)C1. The highest BCUT2D eigenvalue weighted by molar-refractivity contribution is 5.29. The molecule has 1 N–H and O–H groups in total. The second-order valence-corrected chi connectivity index (χ2v) is 6.53. The number of ether oxygens (including phenoxy) is 1. The predicted molar refractivity (Wildman–Crippen MR) is 89.8 cm³/mol. The van der Waals surface area contributed by atoms with Gasteiger partial charge in [-0.25, -0.2) is 0 Å². The van der Waals surface area contributed by atoms with Gasteiger partial charge >= 0.3 is 0 Å². The summed E-state index contributed by atoms with van der Waals surface area (Å²) in [6.45, 7) is 8.67. The minimum Gasteiger partial charge on any atom is -0.494 e. The second kappa shape index (κ2) is 8.43. The lowest BCUT2D eigenvalue weighted by Gasteiger charge is -2.25. The Hall–Kier alpha value is -1.02. The Morgan fingerprint density at radius 2 is 1.90 bits per heavy atom. The van der Waals surface area contributed by atoms with Crippen LogP contribution >= 0.6 is 0 Å². The van der Waals surface area contributed by atoms with Crippen LogP contribution in [0.2, 0.25) is 0 Å². The van der Waals surface area contributed by atoms with Gasteiger partial charge in [0.05, 0.1) is 6.61 Å². The maximum Gasteiger partial charge on any atom is 0.119 e. The van der Waals surface area contributed by atoms with E-state index in [1.807, 2.05) is 0 Å². The monoisotopic (exact) mass is 289 g/mol. The van der Waals surface area contributed by atoms with Gasteiger partial charge in [-0.1, -0.05) is 39.3 Å². The van der Waals surface area contributed by atoms with Crippen molar-refractivity contribution in [1.29, 1.82) is 0 Å². The molecular formula is C19H31NO. The maximum absolute atomic E-state index is 5.69. The standard InChI is InChI=1S/C19H31NO/c1-4-12-20-19(17-7-6-15(3)14-17)16-8-10-18(11-9-16)21-13-5-2/h8-11,15,17,19-20H,4-7,12-14H2,1-3H3. The molecule has 3 unspecified atom stereocenters. The van der Waals surface area contributed by atoms with E-state index in [4.69, 9.17) is 4.74 Å². The van der Waals surface area contributed by atoms with E-state index in [1.165, 1.54) is 31.2 Å². The smallest absolute Gasteiger partial charge is 0.119 e. The summed E-state index contributed by atoms with van der Waals surface area (Å²) in [5.41, 5.74) is 1.42. The number of hydrogen-bond donors (Lipinski definition) is 1. The first-order chi connectivity index (χ1) is 10.2. The van der Waals surface area contributed by atoms with Crippen molar-refractivity contribution in [3.8, 4) is 5.75 Å². The Kier molecular flexibility index (Phi) is 6.56. The van der Waals surface area contributed by atoms with Crippen LogP contribution in [-0.4, -0.2) is 13.2 Å². The lowest BCUT2D eigenvalue weighted by Crippen LogP contribution is -2.28. The van der Waals surface area contributed by atoms with E-state index < -0.39 is 0 Å². The molecule has 1 aromatic carbocycles. The highest BCUT2D eigenvalue weighted by atomic mass is 16.5. The fraction of sp³-hybridized carbons (Fsp3) is 0.684. The lowest BCUT2D eigenvalue weighted by molar-refractivity contribution is 0.316. The van der Waals surface area contributed by atoms with Gasteiger partial charge in [0, 0.05) is 6.04 Å². The van der Waals surface area contributed by atoms with Crippen molar-refractivity contribution in [1.82, 2.24) is 5.32 Å². The van der Waals surface area contributed by atoms with Crippen LogP contribution in [0.5, 0.6) is 5.75 Å². The Morgan fingerprint density at radius 1 is 1.14 bits per heavy atom. The Labute approximate surface area is 130 Å². The van der Waals surface area contributed by atoms with E-state index in [-0.39, 0.29) is 0 Å². The molecule has 0 saturated heterocycles. The van der Waals surface area contributed by atoms with E-state index in [2.05, 4.69) is 50.4 Å². The minimum absolute atomic E-state index is 0.509. The molecule has 118 valence electrons. The third kappa shape index (κ3) is 4.74. The molecule has 0 radical (unpaired) electrons. The van der Waals surface area contributed by atoms with Crippen molar-refractivity contribution in [2.75, 3.05) is 13.2 Å². The van der Waals surface area contributed by atoms with Crippen LogP contribution in [0.4, 0.5) is 0 Å². The molecule has 3 atom stereocenters. The molecule has 1 saturated carbocycles. The van der Waals surface area contributed by atoms with Gasteiger partial charge in [0.2, 0.25) is 0 Å². The summed E-state index contributed by atoms with van der Waals surface area (Å²) in [7, 11) is 0. The topological polar surface area (TPSA) is 21.3 Å². The predicted octanol–water partition coefficient (Wildman–Crippen LogP) is 4.95. The first-order valence-corrected chi connectivity index (χ1v) is 8.70. The molecule has 21 heavy (non-hydrogen) atoms. The molecule has 2 heteroatoms. The maximum atomic E-state index is 5.69. The van der Waals surface area contributed by atoms with Gasteiger partial charge < -0.3 is 10.1 Å². The number of nitrogens with one attached hydrogen (secondary N) is 1. The van der Waals surface area contributed by atoms with E-state index >= 15 is 0 Å². The zero-order chi connectivity index (χ0) is 15.1. The zero-order valence-electron chi connectivity index (χ0n) is 13.9. The Balaban J connectivity index is 2.04. The molecule has 0 aliphatic heterocycles. The summed E-state index contributed by atoms with van der Waals surface area (Å²) in [6, 6.07) is 9.27. The third-order valence-corrected chi connectivity index (χ3v) is 4.53. The number of rotatable bonds is 8. The van der Waals surface area contributed by atoms with Crippen LogP contribution in [-0.2, 0) is 0 Å². The zero-order valence-corrected chi connectivity index (χ0v) is 13.9. The van der Waals surface area contributed by atoms with Crippen LogP contribution in [0.15, 0.2) is 24.3 Å². The molecule has 0 bridgehead atoms. The lowest BCUT2D eigenvalue weighted by atomic mass is 9.90. The summed E-state index contributed by atoms with van der Waals surface area (Å²) >= 11 is 0. The van der Waals surface area contributed by atoms with Crippen molar-refractivity contribution in [3.05, 3.63) is 29.8 Å². The summed E-state index contributed by atoms with van der Waals surface area (Å²) in [4.78, 5) is 0. The van der Waals surface area contributed by atoms with Gasteiger partial charge in [0.25, 0.3) is 0 Å². The average Bonchev–Trinajstić information content (AvgIpc) is 2.93. The Bertz CT molecular complexity index is 401. The highest BCUT2D eigenvalue weighted by Crippen LogP contribution is 2.39. The van der Waals surface area contributed by atoms with Crippen molar-refractivity contribution in [3.63, 3.8) is 0 Å². The fourth-order valence-corrected chi connectivity index (χ4v) is 3.40. The third-order valence-electron chi connectivity index (χ3n) is 4.53. The molecule has 0 amide bonds. The summed E-state index contributed by atoms with van der Waals surface area (Å²) in [5, 5.41) is 3.77. The van der Waals surface area contributed by atoms with E-state index in [0.29, 0.717) is 6.04 Å². The number of benzene rings is 1. The van der Waals surface area contributed by atoms with Crippen molar-refractivity contribution < 1.29 is 4.74 Å². The van der Waals surface area contributed by atoms with Gasteiger partial charge in [-0.3, -0.25) is 0 Å². The first-order valence-electron chi connectivity index (χ1n) is 8.70. The molecule has 0 heterocycles. The second-order valence-electron chi connectivity index (χ2n) is 6.53. The largest absolute Gasteiger partial charge is 0.494 e.